The normalized spacial score (nSPS) is 25.1. The number of likely N-dealkylation sites (tertiary alicyclic amines) is 1. The minimum Gasteiger partial charge on any atom is -0.387 e. The molecule has 2 unspecified atom stereocenters. The van der Waals surface area contributed by atoms with Gasteiger partial charge in [-0.1, -0.05) is 26.7 Å². The van der Waals surface area contributed by atoms with Crippen molar-refractivity contribution in [3.63, 3.8) is 0 Å². The van der Waals surface area contributed by atoms with Gasteiger partial charge in [0.25, 0.3) is 0 Å². The highest BCUT2D eigenvalue weighted by Crippen LogP contribution is 2.21. The van der Waals surface area contributed by atoms with Crippen molar-refractivity contribution < 1.29 is 0 Å². The Morgan fingerprint density at radius 2 is 2.27 bits per heavy atom. The van der Waals surface area contributed by atoms with Crippen molar-refractivity contribution in [3.8, 4) is 0 Å². The first-order valence-corrected chi connectivity index (χ1v) is 6.23. The summed E-state index contributed by atoms with van der Waals surface area (Å²) in [5.74, 6) is 0.540. The van der Waals surface area contributed by atoms with Crippen LogP contribution in [0.3, 0.4) is 0 Å². The summed E-state index contributed by atoms with van der Waals surface area (Å²) in [6.07, 6.45) is 6.57. The van der Waals surface area contributed by atoms with Crippen LogP contribution in [0.1, 0.15) is 46.0 Å². The zero-order valence-corrected chi connectivity index (χ0v) is 10.1. The van der Waals surface area contributed by atoms with Crippen molar-refractivity contribution >= 4 is 5.84 Å². The summed E-state index contributed by atoms with van der Waals surface area (Å²) in [6.45, 7) is 6.48. The van der Waals surface area contributed by atoms with E-state index in [2.05, 4.69) is 18.7 Å². The van der Waals surface area contributed by atoms with Gasteiger partial charge in [0.1, 0.15) is 0 Å². The molecule has 3 heteroatoms. The van der Waals surface area contributed by atoms with Gasteiger partial charge >= 0.3 is 0 Å². The minimum absolute atomic E-state index is 0.211. The Morgan fingerprint density at radius 1 is 1.53 bits per heavy atom. The molecule has 1 aliphatic heterocycles. The molecule has 2 atom stereocenters. The molecule has 0 saturated carbocycles. The van der Waals surface area contributed by atoms with Gasteiger partial charge in [0.15, 0.2) is 0 Å². The summed E-state index contributed by atoms with van der Waals surface area (Å²) in [5.41, 5.74) is 5.53. The lowest BCUT2D eigenvalue weighted by Crippen LogP contribution is -2.44. The first-order valence-electron chi connectivity index (χ1n) is 6.23. The second-order valence-corrected chi connectivity index (χ2v) is 4.79. The quantitative estimate of drug-likeness (QED) is 0.541. The summed E-state index contributed by atoms with van der Waals surface area (Å²) >= 11 is 0. The van der Waals surface area contributed by atoms with Crippen LogP contribution < -0.4 is 5.73 Å². The average Bonchev–Trinajstić information content (AvgIpc) is 2.21. The number of rotatable bonds is 5. The van der Waals surface area contributed by atoms with E-state index in [0.717, 1.165) is 12.6 Å². The van der Waals surface area contributed by atoms with E-state index in [1.165, 1.54) is 38.6 Å². The van der Waals surface area contributed by atoms with E-state index < -0.39 is 0 Å². The van der Waals surface area contributed by atoms with Gasteiger partial charge in [-0.2, -0.15) is 0 Å². The first kappa shape index (κ1) is 12.5. The molecule has 3 N–H and O–H groups in total. The largest absolute Gasteiger partial charge is 0.387 e. The molecule has 0 aromatic carbocycles. The second-order valence-electron chi connectivity index (χ2n) is 4.79. The van der Waals surface area contributed by atoms with Gasteiger partial charge in [-0.05, 0) is 25.8 Å². The zero-order valence-electron chi connectivity index (χ0n) is 10.1. The van der Waals surface area contributed by atoms with Crippen LogP contribution in [0, 0.1) is 11.3 Å². The van der Waals surface area contributed by atoms with Crippen molar-refractivity contribution in [2.24, 2.45) is 11.7 Å². The van der Waals surface area contributed by atoms with Crippen molar-refractivity contribution in [2.75, 3.05) is 13.1 Å². The van der Waals surface area contributed by atoms with E-state index in [4.69, 9.17) is 11.1 Å². The first-order chi connectivity index (χ1) is 7.15. The number of nitrogens with one attached hydrogen (secondary N) is 1. The third-order valence-corrected chi connectivity index (χ3v) is 3.41. The fourth-order valence-corrected chi connectivity index (χ4v) is 2.41. The van der Waals surface area contributed by atoms with Crippen molar-refractivity contribution in [2.45, 2.75) is 52.0 Å². The Morgan fingerprint density at radius 3 is 2.87 bits per heavy atom. The van der Waals surface area contributed by atoms with Crippen LogP contribution in [0.2, 0.25) is 0 Å². The van der Waals surface area contributed by atoms with E-state index in [0.29, 0.717) is 5.84 Å². The summed E-state index contributed by atoms with van der Waals surface area (Å²) in [5, 5.41) is 7.44. The van der Waals surface area contributed by atoms with E-state index in [-0.39, 0.29) is 5.92 Å². The standard InChI is InChI=1S/C12H25N3/c1-3-6-11-7-4-5-8-15(11)9-10(2)12(13)14/h10-11H,3-9H2,1-2H3,(H3,13,14). The fourth-order valence-electron chi connectivity index (χ4n) is 2.41. The molecule has 0 aliphatic carbocycles. The predicted octanol–water partition coefficient (Wildman–Crippen LogP) is 2.21. The Kier molecular flexibility index (Phi) is 5.09. The molecule has 0 spiro atoms. The number of hydrogen-bond acceptors (Lipinski definition) is 2. The summed E-state index contributed by atoms with van der Waals surface area (Å²) in [6, 6.07) is 0.741. The average molecular weight is 211 g/mol. The third-order valence-electron chi connectivity index (χ3n) is 3.41. The highest BCUT2D eigenvalue weighted by molar-refractivity contribution is 5.79. The molecular weight excluding hydrogens is 186 g/mol. The van der Waals surface area contributed by atoms with Gasteiger partial charge in [0.05, 0.1) is 5.84 Å². The van der Waals surface area contributed by atoms with Crippen LogP contribution >= 0.6 is 0 Å². The number of nitrogens with zero attached hydrogens (tertiary/aromatic N) is 1. The lowest BCUT2D eigenvalue weighted by molar-refractivity contribution is 0.131. The maximum absolute atomic E-state index is 7.44. The molecule has 3 nitrogen and oxygen atoms in total. The monoisotopic (exact) mass is 211 g/mol. The van der Waals surface area contributed by atoms with Crippen molar-refractivity contribution in [1.29, 1.82) is 5.41 Å². The molecule has 1 saturated heterocycles. The van der Waals surface area contributed by atoms with E-state index in [1.807, 2.05) is 0 Å². The maximum atomic E-state index is 7.44. The highest BCUT2D eigenvalue weighted by Gasteiger charge is 2.23. The Labute approximate surface area is 93.5 Å². The molecule has 0 aromatic rings. The second kappa shape index (κ2) is 6.11. The maximum Gasteiger partial charge on any atom is 0.0947 e. The molecule has 15 heavy (non-hydrogen) atoms. The van der Waals surface area contributed by atoms with Crippen LogP contribution in [0.5, 0.6) is 0 Å². The van der Waals surface area contributed by atoms with Gasteiger partial charge in [-0.15, -0.1) is 0 Å². The minimum atomic E-state index is 0.211. The van der Waals surface area contributed by atoms with Crippen LogP contribution in [0.4, 0.5) is 0 Å². The van der Waals surface area contributed by atoms with Crippen LogP contribution in [-0.2, 0) is 0 Å². The number of amidine groups is 1. The summed E-state index contributed by atoms with van der Waals surface area (Å²) < 4.78 is 0. The molecule has 0 bridgehead atoms. The molecule has 0 aromatic heterocycles. The molecule has 88 valence electrons. The Hall–Kier alpha value is -0.570. The predicted molar refractivity (Wildman–Crippen MR) is 65.2 cm³/mol. The van der Waals surface area contributed by atoms with Gasteiger partial charge in [0, 0.05) is 18.5 Å². The number of nitrogens with two attached hydrogens (primary N) is 1. The van der Waals surface area contributed by atoms with Gasteiger partial charge in [-0.3, -0.25) is 10.3 Å². The Balaban J connectivity index is 2.45. The third kappa shape index (κ3) is 3.82. The number of piperidine rings is 1. The van der Waals surface area contributed by atoms with Crippen LogP contribution in [0.15, 0.2) is 0 Å². The molecule has 1 aliphatic rings. The molecular formula is C12H25N3. The Bertz CT molecular complexity index is 201. The van der Waals surface area contributed by atoms with Gasteiger partial charge < -0.3 is 5.73 Å². The van der Waals surface area contributed by atoms with E-state index in [1.54, 1.807) is 0 Å². The lowest BCUT2D eigenvalue weighted by Gasteiger charge is -2.37. The SMILES string of the molecule is CCCC1CCCCN1CC(C)C(=N)N. The molecule has 0 radical (unpaired) electrons. The zero-order chi connectivity index (χ0) is 11.3. The molecule has 1 heterocycles. The number of hydrogen-bond donors (Lipinski definition) is 2. The molecule has 1 rings (SSSR count). The van der Waals surface area contributed by atoms with Crippen molar-refractivity contribution in [1.82, 2.24) is 4.90 Å². The van der Waals surface area contributed by atoms with Gasteiger partial charge in [-0.25, -0.2) is 0 Å². The summed E-state index contributed by atoms with van der Waals surface area (Å²) in [4.78, 5) is 2.54. The smallest absolute Gasteiger partial charge is 0.0947 e. The molecule has 0 amide bonds. The van der Waals surface area contributed by atoms with E-state index in [9.17, 15) is 0 Å². The molecule has 1 fully saturated rings. The van der Waals surface area contributed by atoms with Crippen molar-refractivity contribution in [3.05, 3.63) is 0 Å². The summed E-state index contributed by atoms with van der Waals surface area (Å²) in [7, 11) is 0. The fraction of sp³-hybridized carbons (Fsp3) is 0.917. The van der Waals surface area contributed by atoms with Crippen LogP contribution in [-0.4, -0.2) is 29.9 Å². The highest BCUT2D eigenvalue weighted by atomic mass is 15.2. The topological polar surface area (TPSA) is 53.1 Å². The lowest BCUT2D eigenvalue weighted by atomic mass is 9.96. The van der Waals surface area contributed by atoms with Crippen LogP contribution in [0.25, 0.3) is 0 Å². The van der Waals surface area contributed by atoms with E-state index >= 15 is 0 Å². The van der Waals surface area contributed by atoms with Gasteiger partial charge in [0.2, 0.25) is 0 Å².